The lowest BCUT2D eigenvalue weighted by molar-refractivity contribution is -0.166. The molecule has 3 rings (SSSR count). The van der Waals surface area contributed by atoms with Crippen LogP contribution >= 0.6 is 0 Å². The van der Waals surface area contributed by atoms with Crippen LogP contribution in [-0.4, -0.2) is 37.4 Å². The Kier molecular flexibility index (Phi) is 7.67. The molecule has 1 heterocycles. The van der Waals surface area contributed by atoms with Gasteiger partial charge in [-0.3, -0.25) is 9.59 Å². The van der Waals surface area contributed by atoms with E-state index in [9.17, 15) is 9.59 Å². The molecule has 0 aromatic heterocycles. The number of allylic oxidation sites excluding steroid dienone is 3. The van der Waals surface area contributed by atoms with Crippen LogP contribution in [0, 0.1) is 29.1 Å². The fourth-order valence-corrected chi connectivity index (χ4v) is 5.24. The molecule has 0 saturated carbocycles. The number of rotatable bonds is 7. The fourth-order valence-electron chi connectivity index (χ4n) is 5.24. The molecule has 0 amide bonds. The second-order valence-electron chi connectivity index (χ2n) is 10.5. The first-order chi connectivity index (χ1) is 14.6. The Balaban J connectivity index is 1.75. The molecule has 0 spiro atoms. The van der Waals surface area contributed by atoms with Crippen molar-refractivity contribution in [2.45, 2.75) is 91.5 Å². The zero-order valence-corrected chi connectivity index (χ0v) is 20.1. The maximum Gasteiger partial charge on any atom is 0.311 e. The van der Waals surface area contributed by atoms with E-state index in [1.54, 1.807) is 7.11 Å². The van der Waals surface area contributed by atoms with Gasteiger partial charge in [0.1, 0.15) is 12.2 Å². The largest absolute Gasteiger partial charge is 0.462 e. The number of carbonyl (C=O) groups is 2. The molecule has 3 aliphatic rings. The zero-order chi connectivity index (χ0) is 22.8. The van der Waals surface area contributed by atoms with E-state index in [4.69, 9.17) is 14.2 Å². The van der Waals surface area contributed by atoms with Crippen molar-refractivity contribution < 1.29 is 23.8 Å². The van der Waals surface area contributed by atoms with Gasteiger partial charge in [0, 0.05) is 19.4 Å². The smallest absolute Gasteiger partial charge is 0.311 e. The summed E-state index contributed by atoms with van der Waals surface area (Å²) in [6.07, 6.45) is 11.1. The molecule has 1 fully saturated rings. The Morgan fingerprint density at radius 2 is 1.97 bits per heavy atom. The van der Waals surface area contributed by atoms with Crippen LogP contribution < -0.4 is 0 Å². The van der Waals surface area contributed by atoms with Crippen molar-refractivity contribution in [2.75, 3.05) is 7.11 Å². The molecule has 2 aliphatic carbocycles. The molecule has 174 valence electrons. The van der Waals surface area contributed by atoms with Gasteiger partial charge in [0.15, 0.2) is 0 Å². The maximum atomic E-state index is 12.9. The monoisotopic (exact) mass is 432 g/mol. The minimum Gasteiger partial charge on any atom is -0.462 e. The lowest BCUT2D eigenvalue weighted by Gasteiger charge is -2.44. The van der Waals surface area contributed by atoms with E-state index < -0.39 is 5.41 Å². The van der Waals surface area contributed by atoms with Crippen LogP contribution in [0.1, 0.15) is 73.1 Å². The van der Waals surface area contributed by atoms with E-state index in [0.29, 0.717) is 24.2 Å². The first-order valence-corrected chi connectivity index (χ1v) is 12.0. The molecule has 0 aromatic carbocycles. The van der Waals surface area contributed by atoms with Gasteiger partial charge in [0.25, 0.3) is 0 Å². The number of ether oxygens (including phenoxy) is 3. The third-order valence-corrected chi connectivity index (χ3v) is 7.66. The van der Waals surface area contributed by atoms with E-state index in [2.05, 4.69) is 32.1 Å². The number of esters is 2. The number of cyclic esters (lactones) is 1. The Labute approximate surface area is 187 Å². The van der Waals surface area contributed by atoms with Crippen molar-refractivity contribution in [2.24, 2.45) is 29.1 Å². The molecule has 0 N–H and O–H groups in total. The second-order valence-corrected chi connectivity index (χ2v) is 10.5. The first-order valence-electron chi connectivity index (χ1n) is 12.0. The lowest BCUT2D eigenvalue weighted by Crippen LogP contribution is -2.43. The summed E-state index contributed by atoms with van der Waals surface area (Å²) in [7, 11) is 1.66. The predicted octanol–water partition coefficient (Wildman–Crippen LogP) is 5.24. The van der Waals surface area contributed by atoms with Crippen molar-refractivity contribution in [3.8, 4) is 0 Å². The lowest BCUT2D eigenvalue weighted by atomic mass is 9.65. The summed E-state index contributed by atoms with van der Waals surface area (Å²) in [6, 6.07) is 0. The first kappa shape index (κ1) is 24.0. The van der Waals surface area contributed by atoms with Gasteiger partial charge in [0.2, 0.25) is 0 Å². The topological polar surface area (TPSA) is 61.8 Å². The summed E-state index contributed by atoms with van der Waals surface area (Å²) < 4.78 is 17.2. The third kappa shape index (κ3) is 5.60. The maximum absolute atomic E-state index is 12.9. The van der Waals surface area contributed by atoms with Crippen molar-refractivity contribution >= 4 is 11.9 Å². The van der Waals surface area contributed by atoms with Crippen LogP contribution in [0.4, 0.5) is 0 Å². The van der Waals surface area contributed by atoms with Crippen LogP contribution in [0.2, 0.25) is 0 Å². The highest BCUT2D eigenvalue weighted by Crippen LogP contribution is 2.45. The third-order valence-electron chi connectivity index (χ3n) is 7.66. The van der Waals surface area contributed by atoms with Crippen molar-refractivity contribution in [3.63, 3.8) is 0 Å². The van der Waals surface area contributed by atoms with Gasteiger partial charge in [-0.05, 0) is 62.9 Å². The number of hydrogen-bond donors (Lipinski definition) is 0. The van der Waals surface area contributed by atoms with Crippen LogP contribution in [-0.2, 0) is 23.8 Å². The second kappa shape index (κ2) is 9.89. The van der Waals surface area contributed by atoms with Gasteiger partial charge in [-0.25, -0.2) is 0 Å². The van der Waals surface area contributed by atoms with Gasteiger partial charge in [-0.1, -0.05) is 39.0 Å². The van der Waals surface area contributed by atoms with Crippen molar-refractivity contribution in [1.29, 1.82) is 0 Å². The van der Waals surface area contributed by atoms with Crippen LogP contribution in [0.25, 0.3) is 0 Å². The van der Waals surface area contributed by atoms with E-state index in [1.165, 1.54) is 5.57 Å². The highest BCUT2D eigenvalue weighted by molar-refractivity contribution is 5.76. The van der Waals surface area contributed by atoms with Gasteiger partial charge < -0.3 is 14.2 Å². The molecule has 1 saturated heterocycles. The fraction of sp³-hybridized carbons (Fsp3) is 0.769. The van der Waals surface area contributed by atoms with E-state index >= 15 is 0 Å². The van der Waals surface area contributed by atoms with Gasteiger partial charge in [-0.2, -0.15) is 0 Å². The van der Waals surface area contributed by atoms with Gasteiger partial charge in [0.05, 0.1) is 17.9 Å². The molecule has 7 atom stereocenters. The molecule has 0 unspecified atom stereocenters. The number of hydrogen-bond acceptors (Lipinski definition) is 5. The Morgan fingerprint density at radius 3 is 2.65 bits per heavy atom. The van der Waals surface area contributed by atoms with E-state index in [-0.39, 0.29) is 36.2 Å². The molecule has 5 heteroatoms. The Bertz CT molecular complexity index is 721. The van der Waals surface area contributed by atoms with Crippen LogP contribution in [0.15, 0.2) is 23.8 Å². The normalized spacial score (nSPS) is 35.7. The SMILES string of the molecule is CCC(C)(C)C(=O)O[C@H]1C[C@@H](C)C=C2C=C[C@H](C)[C@H](CC[C@H]3C[C@@H](OC)CC(=O)O3)[C@@H]21. The summed E-state index contributed by atoms with van der Waals surface area (Å²) >= 11 is 0. The molecular formula is C26H40O5. The highest BCUT2D eigenvalue weighted by Gasteiger charge is 2.43. The Hall–Kier alpha value is -1.62. The minimum absolute atomic E-state index is 0.0501. The van der Waals surface area contributed by atoms with Crippen LogP contribution in [0.5, 0.6) is 0 Å². The average molecular weight is 433 g/mol. The standard InChI is InChI=1S/C26H40O5/c1-7-26(4,5)25(28)31-22-13-16(2)12-18-9-8-17(3)21(24(18)22)11-10-19-14-20(29-6)15-23(27)30-19/h8-9,12,16-17,19-22,24H,7,10-11,13-15H2,1-6H3/t16-,17-,19-,20+,21-,22-,24+/m0/s1. The molecule has 1 aliphatic heterocycles. The summed E-state index contributed by atoms with van der Waals surface area (Å²) in [5, 5.41) is 0. The summed E-state index contributed by atoms with van der Waals surface area (Å²) in [5.41, 5.74) is 0.825. The highest BCUT2D eigenvalue weighted by atomic mass is 16.6. The predicted molar refractivity (Wildman–Crippen MR) is 120 cm³/mol. The van der Waals surface area contributed by atoms with Crippen molar-refractivity contribution in [3.05, 3.63) is 23.8 Å². The number of carbonyl (C=O) groups excluding carboxylic acids is 2. The molecule has 31 heavy (non-hydrogen) atoms. The summed E-state index contributed by atoms with van der Waals surface area (Å²) in [4.78, 5) is 24.9. The molecule has 0 aromatic rings. The number of methoxy groups -OCH3 is 1. The van der Waals surface area contributed by atoms with E-state index in [1.807, 2.05) is 20.8 Å². The van der Waals surface area contributed by atoms with Gasteiger partial charge >= 0.3 is 11.9 Å². The van der Waals surface area contributed by atoms with Gasteiger partial charge in [-0.15, -0.1) is 0 Å². The zero-order valence-electron chi connectivity index (χ0n) is 20.1. The molecule has 0 bridgehead atoms. The van der Waals surface area contributed by atoms with Crippen LogP contribution in [0.3, 0.4) is 0 Å². The quantitative estimate of drug-likeness (QED) is 0.515. The average Bonchev–Trinajstić information content (AvgIpc) is 2.72. The molecule has 5 nitrogen and oxygen atoms in total. The summed E-state index contributed by atoms with van der Waals surface area (Å²) in [6.45, 7) is 10.4. The minimum atomic E-state index is -0.471. The number of fused-ring (bicyclic) bond motifs is 1. The molecule has 0 radical (unpaired) electrons. The van der Waals surface area contributed by atoms with E-state index in [0.717, 1.165) is 32.1 Å². The summed E-state index contributed by atoms with van der Waals surface area (Å²) in [5.74, 6) is 1.06. The molecular weight excluding hydrogens is 392 g/mol. The Morgan fingerprint density at radius 1 is 1.23 bits per heavy atom. The van der Waals surface area contributed by atoms with Crippen molar-refractivity contribution in [1.82, 2.24) is 0 Å².